The quantitative estimate of drug-likeness (QED) is 0.377. The standard InChI is InChI=1S/C19H24N2O5S/c1-23-7-2-8-24-16-9-13(3-4-14(16)17-10-21-12-27-17)11-25-19(20)15-5-6-18(22)26-15/h3-4,9-10,12,15,19H,2,5-8,11,20H2,1H3. The molecule has 0 spiro atoms. The minimum absolute atomic E-state index is 0.222. The summed E-state index contributed by atoms with van der Waals surface area (Å²) in [6.07, 6.45) is 2.60. The van der Waals surface area contributed by atoms with Gasteiger partial charge < -0.3 is 24.7 Å². The van der Waals surface area contributed by atoms with Gasteiger partial charge in [0.25, 0.3) is 0 Å². The first-order valence-corrected chi connectivity index (χ1v) is 9.75. The fraction of sp³-hybridized carbons (Fsp3) is 0.474. The van der Waals surface area contributed by atoms with Crippen LogP contribution < -0.4 is 10.5 Å². The number of methoxy groups -OCH3 is 1. The van der Waals surface area contributed by atoms with Gasteiger partial charge in [0.05, 0.1) is 23.6 Å². The number of rotatable bonds is 10. The van der Waals surface area contributed by atoms with Crippen molar-refractivity contribution in [3.05, 3.63) is 35.5 Å². The largest absolute Gasteiger partial charge is 0.493 e. The molecular formula is C19H24N2O5S. The molecule has 27 heavy (non-hydrogen) atoms. The summed E-state index contributed by atoms with van der Waals surface area (Å²) < 4.78 is 21.9. The molecule has 1 aliphatic rings. The zero-order chi connectivity index (χ0) is 19.1. The van der Waals surface area contributed by atoms with E-state index in [4.69, 9.17) is 24.7 Å². The van der Waals surface area contributed by atoms with E-state index in [9.17, 15) is 4.79 Å². The Morgan fingerprint density at radius 2 is 2.30 bits per heavy atom. The predicted octanol–water partition coefficient (Wildman–Crippen LogP) is 2.73. The molecule has 3 rings (SSSR count). The zero-order valence-electron chi connectivity index (χ0n) is 15.3. The summed E-state index contributed by atoms with van der Waals surface area (Å²) in [5.74, 6) is 0.553. The van der Waals surface area contributed by atoms with E-state index in [-0.39, 0.29) is 12.1 Å². The van der Waals surface area contributed by atoms with Crippen molar-refractivity contribution in [1.29, 1.82) is 0 Å². The van der Waals surface area contributed by atoms with Gasteiger partial charge in [0.1, 0.15) is 18.1 Å². The maximum absolute atomic E-state index is 11.2. The first-order valence-electron chi connectivity index (χ1n) is 8.87. The number of nitrogens with zero attached hydrogens (tertiary/aromatic N) is 1. The lowest BCUT2D eigenvalue weighted by molar-refractivity contribution is -0.147. The van der Waals surface area contributed by atoms with E-state index in [2.05, 4.69) is 4.98 Å². The van der Waals surface area contributed by atoms with Gasteiger partial charge in [0.2, 0.25) is 0 Å². The van der Waals surface area contributed by atoms with Gasteiger partial charge in [-0.25, -0.2) is 0 Å². The van der Waals surface area contributed by atoms with Gasteiger partial charge in [0.15, 0.2) is 0 Å². The monoisotopic (exact) mass is 392 g/mol. The summed E-state index contributed by atoms with van der Waals surface area (Å²) in [4.78, 5) is 16.4. The van der Waals surface area contributed by atoms with Crippen LogP contribution in [0.25, 0.3) is 10.4 Å². The van der Waals surface area contributed by atoms with Crippen molar-refractivity contribution in [2.45, 2.75) is 38.2 Å². The van der Waals surface area contributed by atoms with E-state index in [1.54, 1.807) is 24.0 Å². The molecule has 1 saturated heterocycles. The van der Waals surface area contributed by atoms with Crippen LogP contribution in [0.4, 0.5) is 0 Å². The van der Waals surface area contributed by atoms with Crippen LogP contribution in [0.1, 0.15) is 24.8 Å². The van der Waals surface area contributed by atoms with E-state index < -0.39 is 6.23 Å². The summed E-state index contributed by atoms with van der Waals surface area (Å²) in [6, 6.07) is 5.93. The smallest absolute Gasteiger partial charge is 0.306 e. The Morgan fingerprint density at radius 3 is 3.00 bits per heavy atom. The maximum atomic E-state index is 11.2. The first kappa shape index (κ1) is 19.8. The minimum Gasteiger partial charge on any atom is -0.493 e. The number of hydrogen-bond acceptors (Lipinski definition) is 8. The molecule has 7 nitrogen and oxygen atoms in total. The summed E-state index contributed by atoms with van der Waals surface area (Å²) in [5, 5.41) is 0. The molecule has 0 aliphatic carbocycles. The first-order chi connectivity index (χ1) is 13.2. The third kappa shape index (κ3) is 5.49. The van der Waals surface area contributed by atoms with Crippen LogP contribution in [0.15, 0.2) is 29.9 Å². The molecule has 2 heterocycles. The van der Waals surface area contributed by atoms with Crippen molar-refractivity contribution in [3.8, 4) is 16.2 Å². The highest BCUT2D eigenvalue weighted by atomic mass is 32.1. The van der Waals surface area contributed by atoms with Crippen molar-refractivity contribution >= 4 is 17.3 Å². The number of esters is 1. The lowest BCUT2D eigenvalue weighted by Crippen LogP contribution is -2.36. The highest BCUT2D eigenvalue weighted by Crippen LogP contribution is 2.33. The topological polar surface area (TPSA) is 92.9 Å². The van der Waals surface area contributed by atoms with E-state index in [1.165, 1.54) is 0 Å². The molecule has 1 aromatic carbocycles. The minimum atomic E-state index is -0.635. The molecule has 0 amide bonds. The van der Waals surface area contributed by atoms with Crippen LogP contribution in [0, 0.1) is 0 Å². The predicted molar refractivity (Wildman–Crippen MR) is 101 cm³/mol. The third-order valence-electron chi connectivity index (χ3n) is 4.22. The molecule has 0 radical (unpaired) electrons. The molecule has 2 N–H and O–H groups in total. The molecular weight excluding hydrogens is 368 g/mol. The number of carbonyl (C=O) groups excluding carboxylic acids is 1. The molecule has 8 heteroatoms. The Bertz CT molecular complexity index is 738. The molecule has 1 fully saturated rings. The summed E-state index contributed by atoms with van der Waals surface area (Å²) in [6.45, 7) is 1.52. The Morgan fingerprint density at radius 1 is 1.41 bits per heavy atom. The fourth-order valence-electron chi connectivity index (χ4n) is 2.79. The van der Waals surface area contributed by atoms with Crippen LogP contribution in [0.3, 0.4) is 0 Å². The number of carbonyl (C=O) groups is 1. The average Bonchev–Trinajstić information content (AvgIpc) is 3.35. The van der Waals surface area contributed by atoms with Crippen LogP contribution in [0.5, 0.6) is 5.75 Å². The SMILES string of the molecule is COCCCOc1cc(COC(N)C2CCC(=O)O2)ccc1-c1cncs1. The number of benzene rings is 1. The molecule has 0 bridgehead atoms. The molecule has 1 aromatic heterocycles. The van der Waals surface area contributed by atoms with Crippen molar-refractivity contribution in [3.63, 3.8) is 0 Å². The van der Waals surface area contributed by atoms with Crippen LogP contribution >= 0.6 is 11.3 Å². The zero-order valence-corrected chi connectivity index (χ0v) is 16.1. The second kappa shape index (κ2) is 9.80. The second-order valence-electron chi connectivity index (χ2n) is 6.23. The lowest BCUT2D eigenvalue weighted by atomic mass is 10.1. The number of hydrogen-bond donors (Lipinski definition) is 1. The summed E-state index contributed by atoms with van der Waals surface area (Å²) >= 11 is 1.56. The van der Waals surface area contributed by atoms with Gasteiger partial charge >= 0.3 is 5.97 Å². The fourth-order valence-corrected chi connectivity index (χ4v) is 3.44. The summed E-state index contributed by atoms with van der Waals surface area (Å²) in [7, 11) is 1.67. The van der Waals surface area contributed by atoms with Crippen molar-refractivity contribution in [1.82, 2.24) is 4.98 Å². The lowest BCUT2D eigenvalue weighted by Gasteiger charge is -2.19. The van der Waals surface area contributed by atoms with Gasteiger partial charge in [0, 0.05) is 38.3 Å². The van der Waals surface area contributed by atoms with Crippen LogP contribution in [0.2, 0.25) is 0 Å². The van der Waals surface area contributed by atoms with Gasteiger partial charge in [-0.2, -0.15) is 0 Å². The Labute approximate surface area is 162 Å². The number of thiazole rings is 1. The number of nitrogens with two attached hydrogens (primary N) is 1. The second-order valence-corrected chi connectivity index (χ2v) is 7.12. The Balaban J connectivity index is 1.65. The van der Waals surface area contributed by atoms with E-state index in [0.717, 1.165) is 28.2 Å². The highest BCUT2D eigenvalue weighted by molar-refractivity contribution is 7.13. The molecule has 2 aromatic rings. The number of ether oxygens (including phenoxy) is 4. The highest BCUT2D eigenvalue weighted by Gasteiger charge is 2.29. The molecule has 1 aliphatic heterocycles. The molecule has 2 atom stereocenters. The van der Waals surface area contributed by atoms with Crippen LogP contribution in [-0.2, 0) is 25.6 Å². The normalized spacial score (nSPS) is 17.7. The van der Waals surface area contributed by atoms with E-state index in [0.29, 0.717) is 32.7 Å². The maximum Gasteiger partial charge on any atom is 0.306 e. The van der Waals surface area contributed by atoms with Gasteiger partial charge in [-0.3, -0.25) is 9.78 Å². The third-order valence-corrected chi connectivity index (χ3v) is 5.03. The van der Waals surface area contributed by atoms with Crippen molar-refractivity contribution in [2.75, 3.05) is 20.3 Å². The number of cyclic esters (lactones) is 1. The van der Waals surface area contributed by atoms with Gasteiger partial charge in [-0.15, -0.1) is 11.3 Å². The van der Waals surface area contributed by atoms with Crippen molar-refractivity contribution < 1.29 is 23.7 Å². The van der Waals surface area contributed by atoms with Crippen LogP contribution in [-0.4, -0.2) is 43.6 Å². The summed E-state index contributed by atoms with van der Waals surface area (Å²) in [5.41, 5.74) is 9.72. The number of aromatic nitrogens is 1. The van der Waals surface area contributed by atoms with E-state index >= 15 is 0 Å². The molecule has 2 unspecified atom stereocenters. The molecule has 0 saturated carbocycles. The Kier molecular flexibility index (Phi) is 7.17. The molecule has 146 valence electrons. The van der Waals surface area contributed by atoms with Gasteiger partial charge in [-0.1, -0.05) is 6.07 Å². The van der Waals surface area contributed by atoms with Crippen molar-refractivity contribution in [2.24, 2.45) is 5.73 Å². The average molecular weight is 392 g/mol. The Hall–Kier alpha value is -2.00. The van der Waals surface area contributed by atoms with E-state index in [1.807, 2.05) is 24.4 Å². The van der Waals surface area contributed by atoms with Gasteiger partial charge in [-0.05, 0) is 24.1 Å².